The van der Waals surface area contributed by atoms with E-state index in [1.807, 2.05) is 23.7 Å². The first-order chi connectivity index (χ1) is 15.3. The van der Waals surface area contributed by atoms with Gasteiger partial charge in [0.25, 0.3) is 5.91 Å². The van der Waals surface area contributed by atoms with Crippen LogP contribution >= 0.6 is 11.8 Å². The Balaban J connectivity index is 1.80. The van der Waals surface area contributed by atoms with Crippen LogP contribution in [0.1, 0.15) is 24.2 Å². The van der Waals surface area contributed by atoms with Gasteiger partial charge in [0.2, 0.25) is 10.0 Å². The maximum absolute atomic E-state index is 13.0. The minimum Gasteiger partial charge on any atom is -0.495 e. The molecule has 0 saturated carbocycles. The van der Waals surface area contributed by atoms with Crippen molar-refractivity contribution < 1.29 is 17.9 Å². The fourth-order valence-electron chi connectivity index (χ4n) is 3.00. The van der Waals surface area contributed by atoms with Gasteiger partial charge in [0.15, 0.2) is 5.16 Å². The fraction of sp³-hybridized carbons (Fsp3) is 0.286. The van der Waals surface area contributed by atoms with Crippen LogP contribution in [0.25, 0.3) is 0 Å². The van der Waals surface area contributed by atoms with Crippen LogP contribution in [-0.2, 0) is 17.1 Å². The number of carbonyl (C=O) groups is 1. The molecule has 0 atom stereocenters. The number of nitrogens with zero attached hydrogens (tertiary/aromatic N) is 4. The van der Waals surface area contributed by atoms with Crippen molar-refractivity contribution in [1.29, 1.82) is 0 Å². The van der Waals surface area contributed by atoms with Crippen molar-refractivity contribution in [3.63, 3.8) is 0 Å². The van der Waals surface area contributed by atoms with E-state index in [9.17, 15) is 13.2 Å². The molecule has 0 unspecified atom stereocenters. The summed E-state index contributed by atoms with van der Waals surface area (Å²) in [5, 5.41) is 11.4. The quantitative estimate of drug-likeness (QED) is 0.506. The summed E-state index contributed by atoms with van der Waals surface area (Å²) in [6.07, 6.45) is 1.63. The van der Waals surface area contributed by atoms with Gasteiger partial charge in [-0.25, -0.2) is 8.42 Å². The standard InChI is InChI=1S/C21H25N5O4S2/c1-5-26(6-2)32(28,29)19-13-15(7-12-18(19)30-4)20(27)23-16-8-10-17(11-9-16)31-21-24-22-14-25(21)3/h7-14H,5-6H2,1-4H3,(H,23,27). The van der Waals surface area contributed by atoms with Crippen molar-refractivity contribution in [2.24, 2.45) is 7.05 Å². The third-order valence-corrected chi connectivity index (χ3v) is 7.87. The molecule has 3 aromatic rings. The Morgan fingerprint density at radius 3 is 2.41 bits per heavy atom. The van der Waals surface area contributed by atoms with Gasteiger partial charge in [0.1, 0.15) is 17.0 Å². The Morgan fingerprint density at radius 2 is 1.84 bits per heavy atom. The van der Waals surface area contributed by atoms with Crippen LogP contribution in [-0.4, -0.2) is 53.6 Å². The summed E-state index contributed by atoms with van der Waals surface area (Å²) < 4.78 is 34.4. The van der Waals surface area contributed by atoms with E-state index in [1.54, 1.807) is 32.3 Å². The van der Waals surface area contributed by atoms with Gasteiger partial charge in [-0.3, -0.25) is 4.79 Å². The number of hydrogen-bond donors (Lipinski definition) is 1. The van der Waals surface area contributed by atoms with E-state index in [2.05, 4.69) is 15.5 Å². The summed E-state index contributed by atoms with van der Waals surface area (Å²) in [6, 6.07) is 11.6. The lowest BCUT2D eigenvalue weighted by Gasteiger charge is -2.20. The smallest absolute Gasteiger partial charge is 0.255 e. The molecule has 2 aromatic carbocycles. The molecule has 0 saturated heterocycles. The molecule has 1 aromatic heterocycles. The van der Waals surface area contributed by atoms with Crippen LogP contribution in [0.4, 0.5) is 5.69 Å². The molecule has 0 aliphatic carbocycles. The molecule has 170 valence electrons. The number of benzene rings is 2. The summed E-state index contributed by atoms with van der Waals surface area (Å²) >= 11 is 1.45. The first-order valence-corrected chi connectivity index (χ1v) is 12.2. The van der Waals surface area contributed by atoms with Gasteiger partial charge in [-0.05, 0) is 54.2 Å². The second-order valence-corrected chi connectivity index (χ2v) is 9.71. The van der Waals surface area contributed by atoms with Gasteiger partial charge in [0.05, 0.1) is 7.11 Å². The highest BCUT2D eigenvalue weighted by atomic mass is 32.2. The number of hydrogen-bond acceptors (Lipinski definition) is 7. The van der Waals surface area contributed by atoms with Gasteiger partial charge < -0.3 is 14.6 Å². The van der Waals surface area contributed by atoms with Gasteiger partial charge in [-0.1, -0.05) is 13.8 Å². The molecule has 3 rings (SSSR count). The highest BCUT2D eigenvalue weighted by molar-refractivity contribution is 7.99. The summed E-state index contributed by atoms with van der Waals surface area (Å²) in [5.74, 6) is -0.226. The van der Waals surface area contributed by atoms with Crippen molar-refractivity contribution in [3.05, 3.63) is 54.4 Å². The van der Waals surface area contributed by atoms with Crippen LogP contribution in [0.2, 0.25) is 0 Å². The molecule has 0 aliphatic rings. The molecule has 0 radical (unpaired) electrons. The number of methoxy groups -OCH3 is 1. The van der Waals surface area contributed by atoms with Crippen molar-refractivity contribution in [1.82, 2.24) is 19.1 Å². The normalized spacial score (nSPS) is 11.5. The zero-order chi connectivity index (χ0) is 23.3. The lowest BCUT2D eigenvalue weighted by Crippen LogP contribution is -2.31. The molecule has 0 spiro atoms. The minimum atomic E-state index is -3.79. The summed E-state index contributed by atoms with van der Waals surface area (Å²) in [6.45, 7) is 4.15. The molecule has 1 N–H and O–H groups in total. The number of rotatable bonds is 9. The van der Waals surface area contributed by atoms with Crippen molar-refractivity contribution in [3.8, 4) is 5.75 Å². The van der Waals surface area contributed by atoms with E-state index >= 15 is 0 Å². The van der Waals surface area contributed by atoms with Gasteiger partial charge >= 0.3 is 0 Å². The van der Waals surface area contributed by atoms with Crippen molar-refractivity contribution in [2.45, 2.75) is 28.8 Å². The number of amides is 1. The number of carbonyl (C=O) groups excluding carboxylic acids is 1. The Morgan fingerprint density at radius 1 is 1.16 bits per heavy atom. The van der Waals surface area contributed by atoms with E-state index in [0.717, 1.165) is 10.1 Å². The molecule has 0 fully saturated rings. The van der Waals surface area contributed by atoms with Crippen LogP contribution in [0.15, 0.2) is 63.7 Å². The number of aromatic nitrogens is 3. The molecule has 1 amide bonds. The monoisotopic (exact) mass is 475 g/mol. The number of ether oxygens (including phenoxy) is 1. The zero-order valence-electron chi connectivity index (χ0n) is 18.3. The molecular weight excluding hydrogens is 450 g/mol. The highest BCUT2D eigenvalue weighted by Gasteiger charge is 2.26. The van der Waals surface area contributed by atoms with Gasteiger partial charge in [-0.15, -0.1) is 10.2 Å². The van der Waals surface area contributed by atoms with Crippen LogP contribution in [0, 0.1) is 0 Å². The second kappa shape index (κ2) is 10.2. The average molecular weight is 476 g/mol. The maximum Gasteiger partial charge on any atom is 0.255 e. The first-order valence-electron chi connectivity index (χ1n) is 9.91. The van der Waals surface area contributed by atoms with Crippen molar-refractivity contribution in [2.75, 3.05) is 25.5 Å². The average Bonchev–Trinajstić information content (AvgIpc) is 3.19. The third kappa shape index (κ3) is 5.12. The number of aryl methyl sites for hydroxylation is 1. The Hall–Kier alpha value is -2.89. The molecule has 0 bridgehead atoms. The minimum absolute atomic E-state index is 0.0354. The molecule has 11 heteroatoms. The van der Waals surface area contributed by atoms with Crippen LogP contribution < -0.4 is 10.1 Å². The summed E-state index contributed by atoms with van der Waals surface area (Å²) in [7, 11) is -0.533. The lowest BCUT2D eigenvalue weighted by atomic mass is 10.2. The Kier molecular flexibility index (Phi) is 7.54. The predicted molar refractivity (Wildman–Crippen MR) is 123 cm³/mol. The van der Waals surface area contributed by atoms with Gasteiger partial charge in [0, 0.05) is 36.3 Å². The van der Waals surface area contributed by atoms with E-state index in [1.165, 1.54) is 41.4 Å². The summed E-state index contributed by atoms with van der Waals surface area (Å²) in [4.78, 5) is 13.7. The molecule has 32 heavy (non-hydrogen) atoms. The zero-order valence-corrected chi connectivity index (χ0v) is 19.9. The Bertz CT molecular complexity index is 1190. The van der Waals surface area contributed by atoms with Crippen LogP contribution in [0.3, 0.4) is 0 Å². The van der Waals surface area contributed by atoms with E-state index in [4.69, 9.17) is 4.74 Å². The SMILES string of the molecule is CCN(CC)S(=O)(=O)c1cc(C(=O)Nc2ccc(Sc3nncn3C)cc2)ccc1OC. The van der Waals surface area contributed by atoms with Gasteiger partial charge in [-0.2, -0.15) is 4.31 Å². The van der Waals surface area contributed by atoms with Crippen LogP contribution in [0.5, 0.6) is 5.75 Å². The number of nitrogens with one attached hydrogen (secondary N) is 1. The molecule has 0 aliphatic heterocycles. The lowest BCUT2D eigenvalue weighted by molar-refractivity contribution is 0.102. The van der Waals surface area contributed by atoms with Crippen molar-refractivity contribution >= 4 is 33.4 Å². The highest BCUT2D eigenvalue weighted by Crippen LogP contribution is 2.29. The fourth-order valence-corrected chi connectivity index (χ4v) is 5.40. The molecule has 1 heterocycles. The Labute approximate surface area is 191 Å². The van der Waals surface area contributed by atoms with E-state index in [-0.39, 0.29) is 16.2 Å². The predicted octanol–water partition coefficient (Wildman–Crippen LogP) is 3.26. The first kappa shape index (κ1) is 23.8. The van der Waals surface area contributed by atoms with E-state index in [0.29, 0.717) is 18.8 Å². The molecular formula is C21H25N5O4S2. The summed E-state index contributed by atoms with van der Waals surface area (Å²) in [5.41, 5.74) is 0.801. The third-order valence-electron chi connectivity index (χ3n) is 4.74. The number of sulfonamides is 1. The molecule has 9 nitrogen and oxygen atoms in total. The largest absolute Gasteiger partial charge is 0.495 e. The van der Waals surface area contributed by atoms with E-state index < -0.39 is 15.9 Å². The number of anilines is 1. The topological polar surface area (TPSA) is 106 Å². The second-order valence-electron chi connectivity index (χ2n) is 6.76. The maximum atomic E-state index is 13.0.